The fourth-order valence-corrected chi connectivity index (χ4v) is 2.44. The van der Waals surface area contributed by atoms with Crippen molar-refractivity contribution in [1.29, 1.82) is 5.26 Å². The van der Waals surface area contributed by atoms with Gasteiger partial charge in [0, 0.05) is 11.6 Å². The molecule has 2 aromatic carbocycles. The lowest BCUT2D eigenvalue weighted by atomic mass is 9.83. The van der Waals surface area contributed by atoms with Crippen molar-refractivity contribution in [1.82, 2.24) is 0 Å². The van der Waals surface area contributed by atoms with Crippen molar-refractivity contribution in [2.45, 2.75) is 5.92 Å². The summed E-state index contributed by atoms with van der Waals surface area (Å²) in [5.74, 6) is -0.377. The van der Waals surface area contributed by atoms with E-state index in [1.807, 2.05) is 6.07 Å². The van der Waals surface area contributed by atoms with E-state index in [0.29, 0.717) is 11.3 Å². The first-order valence-electron chi connectivity index (χ1n) is 6.26. The third-order valence-electron chi connectivity index (χ3n) is 3.41. The second-order valence-corrected chi connectivity index (χ2v) is 4.70. The molecule has 3 N–H and O–H groups in total. The lowest BCUT2D eigenvalue weighted by molar-refractivity contribution is 0.388. The number of nitriles is 1. The van der Waals surface area contributed by atoms with E-state index in [1.165, 1.54) is 24.3 Å². The maximum absolute atomic E-state index is 13.1. The van der Waals surface area contributed by atoms with Crippen LogP contribution in [0.4, 0.5) is 4.39 Å². The third kappa shape index (κ3) is 2.17. The summed E-state index contributed by atoms with van der Waals surface area (Å²) in [6.07, 6.45) is 0. The van der Waals surface area contributed by atoms with Crippen LogP contribution in [0.2, 0.25) is 0 Å². The van der Waals surface area contributed by atoms with Gasteiger partial charge in [-0.25, -0.2) is 4.39 Å². The van der Waals surface area contributed by atoms with Crippen molar-refractivity contribution >= 4 is 0 Å². The summed E-state index contributed by atoms with van der Waals surface area (Å²) in [6.45, 7) is 0. The predicted molar refractivity (Wildman–Crippen MR) is 73.8 cm³/mol. The molecule has 1 unspecified atom stereocenters. The highest BCUT2D eigenvalue weighted by molar-refractivity contribution is 5.56. The SMILES string of the molecule is N#CC1=C(N)Oc2cc(O)ccc2C1c1ccc(F)cc1. The van der Waals surface area contributed by atoms with Gasteiger partial charge < -0.3 is 15.6 Å². The molecule has 2 aromatic rings. The van der Waals surface area contributed by atoms with Crippen LogP contribution in [0, 0.1) is 17.1 Å². The molecule has 0 spiro atoms. The van der Waals surface area contributed by atoms with Crippen molar-refractivity contribution in [3.8, 4) is 17.6 Å². The molecule has 1 aliphatic rings. The average molecular weight is 282 g/mol. The molecule has 4 nitrogen and oxygen atoms in total. The molecule has 0 bridgehead atoms. The number of nitrogens with two attached hydrogens (primary N) is 1. The predicted octanol–water partition coefficient (Wildman–Crippen LogP) is 2.75. The van der Waals surface area contributed by atoms with Gasteiger partial charge in [0.05, 0.1) is 5.92 Å². The van der Waals surface area contributed by atoms with Crippen LogP contribution in [-0.2, 0) is 0 Å². The second kappa shape index (κ2) is 4.84. The van der Waals surface area contributed by atoms with E-state index in [0.717, 1.165) is 5.56 Å². The zero-order valence-electron chi connectivity index (χ0n) is 10.9. The first-order valence-corrected chi connectivity index (χ1v) is 6.26. The number of hydrogen-bond acceptors (Lipinski definition) is 4. The number of nitrogens with zero attached hydrogens (tertiary/aromatic N) is 1. The molecule has 1 aliphatic heterocycles. The highest BCUT2D eigenvalue weighted by Crippen LogP contribution is 2.43. The molecule has 0 radical (unpaired) electrons. The minimum atomic E-state index is -0.444. The van der Waals surface area contributed by atoms with Crippen LogP contribution in [-0.4, -0.2) is 5.11 Å². The molecule has 0 aromatic heterocycles. The quantitative estimate of drug-likeness (QED) is 0.843. The van der Waals surface area contributed by atoms with Gasteiger partial charge >= 0.3 is 0 Å². The summed E-state index contributed by atoms with van der Waals surface area (Å²) >= 11 is 0. The lowest BCUT2D eigenvalue weighted by Crippen LogP contribution is -2.20. The van der Waals surface area contributed by atoms with E-state index in [4.69, 9.17) is 10.5 Å². The molecule has 21 heavy (non-hydrogen) atoms. The summed E-state index contributed by atoms with van der Waals surface area (Å²) in [6, 6.07) is 12.5. The lowest BCUT2D eigenvalue weighted by Gasteiger charge is -2.26. The number of rotatable bonds is 1. The first kappa shape index (κ1) is 13.0. The fraction of sp³-hybridized carbons (Fsp3) is 0.0625. The summed E-state index contributed by atoms with van der Waals surface area (Å²) in [5.41, 5.74) is 7.48. The highest BCUT2D eigenvalue weighted by atomic mass is 19.1. The number of allylic oxidation sites excluding steroid dienone is 1. The zero-order valence-corrected chi connectivity index (χ0v) is 10.9. The Morgan fingerprint density at radius 3 is 2.57 bits per heavy atom. The van der Waals surface area contributed by atoms with Crippen LogP contribution in [0.25, 0.3) is 0 Å². The maximum atomic E-state index is 13.1. The van der Waals surface area contributed by atoms with Gasteiger partial charge in [0.25, 0.3) is 0 Å². The van der Waals surface area contributed by atoms with E-state index in [9.17, 15) is 14.8 Å². The van der Waals surface area contributed by atoms with Gasteiger partial charge in [0.15, 0.2) is 0 Å². The van der Waals surface area contributed by atoms with E-state index in [1.54, 1.807) is 18.2 Å². The van der Waals surface area contributed by atoms with Gasteiger partial charge in [-0.3, -0.25) is 0 Å². The molecule has 1 heterocycles. The number of ether oxygens (including phenoxy) is 1. The van der Waals surface area contributed by atoms with Gasteiger partial charge in [0.1, 0.15) is 29.0 Å². The topological polar surface area (TPSA) is 79.3 Å². The number of phenolic OH excluding ortho intramolecular Hbond substituents is 1. The Bertz CT molecular complexity index is 776. The normalized spacial score (nSPS) is 16.9. The third-order valence-corrected chi connectivity index (χ3v) is 3.41. The summed E-state index contributed by atoms with van der Waals surface area (Å²) < 4.78 is 18.5. The van der Waals surface area contributed by atoms with Crippen LogP contribution in [0.15, 0.2) is 53.9 Å². The number of hydrogen-bond donors (Lipinski definition) is 2. The smallest absolute Gasteiger partial charge is 0.205 e. The molecule has 5 heteroatoms. The number of fused-ring (bicyclic) bond motifs is 1. The monoisotopic (exact) mass is 282 g/mol. The minimum Gasteiger partial charge on any atom is -0.508 e. The van der Waals surface area contributed by atoms with Crippen molar-refractivity contribution in [2.75, 3.05) is 0 Å². The zero-order chi connectivity index (χ0) is 15.0. The van der Waals surface area contributed by atoms with Crippen LogP contribution in [0.3, 0.4) is 0 Å². The van der Waals surface area contributed by atoms with E-state index < -0.39 is 5.92 Å². The standard InChI is InChI=1S/C16H11FN2O2/c17-10-3-1-9(2-4-10)15-12-6-5-11(20)7-14(12)21-16(19)13(15)8-18/h1-7,15,20H,19H2. The maximum Gasteiger partial charge on any atom is 0.205 e. The Hall–Kier alpha value is -3.00. The van der Waals surface area contributed by atoms with Crippen LogP contribution >= 0.6 is 0 Å². The molecule has 3 rings (SSSR count). The van der Waals surface area contributed by atoms with Gasteiger partial charge in [-0.15, -0.1) is 0 Å². The van der Waals surface area contributed by atoms with Crippen LogP contribution < -0.4 is 10.5 Å². The van der Waals surface area contributed by atoms with E-state index in [2.05, 4.69) is 0 Å². The molecule has 0 saturated heterocycles. The van der Waals surface area contributed by atoms with Crippen molar-refractivity contribution in [3.05, 3.63) is 70.9 Å². The Labute approximate surface area is 120 Å². The number of halogens is 1. The van der Waals surface area contributed by atoms with Crippen LogP contribution in [0.5, 0.6) is 11.5 Å². The fourth-order valence-electron chi connectivity index (χ4n) is 2.44. The molecule has 0 aliphatic carbocycles. The largest absolute Gasteiger partial charge is 0.508 e. The highest BCUT2D eigenvalue weighted by Gasteiger charge is 2.30. The van der Waals surface area contributed by atoms with E-state index in [-0.39, 0.29) is 23.0 Å². The second-order valence-electron chi connectivity index (χ2n) is 4.70. The Morgan fingerprint density at radius 2 is 1.90 bits per heavy atom. The number of phenols is 1. The number of benzene rings is 2. The summed E-state index contributed by atoms with van der Waals surface area (Å²) in [5, 5.41) is 18.9. The summed E-state index contributed by atoms with van der Waals surface area (Å²) in [7, 11) is 0. The Balaban J connectivity index is 2.21. The van der Waals surface area contributed by atoms with Gasteiger partial charge in [-0.1, -0.05) is 18.2 Å². The van der Waals surface area contributed by atoms with Crippen molar-refractivity contribution in [2.24, 2.45) is 5.73 Å². The molecular formula is C16H11FN2O2. The molecule has 104 valence electrons. The van der Waals surface area contributed by atoms with E-state index >= 15 is 0 Å². The summed E-state index contributed by atoms with van der Waals surface area (Å²) in [4.78, 5) is 0. The van der Waals surface area contributed by atoms with Crippen molar-refractivity contribution < 1.29 is 14.2 Å². The molecule has 0 fully saturated rings. The van der Waals surface area contributed by atoms with Gasteiger partial charge in [0.2, 0.25) is 5.88 Å². The molecule has 0 saturated carbocycles. The minimum absolute atomic E-state index is 0.00933. The first-order chi connectivity index (χ1) is 10.1. The van der Waals surface area contributed by atoms with Gasteiger partial charge in [-0.2, -0.15) is 5.26 Å². The van der Waals surface area contributed by atoms with Crippen molar-refractivity contribution in [3.63, 3.8) is 0 Å². The Kier molecular flexibility index (Phi) is 2.99. The molecule has 0 amide bonds. The molecule has 1 atom stereocenters. The number of aromatic hydroxyl groups is 1. The molecular weight excluding hydrogens is 271 g/mol. The average Bonchev–Trinajstić information content (AvgIpc) is 2.46. The Morgan fingerprint density at radius 1 is 1.19 bits per heavy atom. The van der Waals surface area contributed by atoms with Crippen LogP contribution in [0.1, 0.15) is 17.0 Å². The van der Waals surface area contributed by atoms with Gasteiger partial charge in [-0.05, 0) is 23.8 Å².